The number of amides is 1. The second-order valence-electron chi connectivity index (χ2n) is 4.82. The number of aromatic nitrogens is 1. The van der Waals surface area contributed by atoms with Crippen LogP contribution in [-0.2, 0) is 0 Å². The van der Waals surface area contributed by atoms with Gasteiger partial charge in [0.1, 0.15) is 5.69 Å². The molecule has 0 atom stereocenters. The molecule has 86 valence electrons. The quantitative estimate of drug-likeness (QED) is 0.811. The van der Waals surface area contributed by atoms with E-state index in [1.54, 1.807) is 12.1 Å². The van der Waals surface area contributed by atoms with Gasteiger partial charge in [-0.3, -0.25) is 4.79 Å². The summed E-state index contributed by atoms with van der Waals surface area (Å²) >= 11 is 0. The van der Waals surface area contributed by atoms with E-state index in [0.717, 1.165) is 6.54 Å². The van der Waals surface area contributed by atoms with Crippen LogP contribution in [0.25, 0.3) is 0 Å². The zero-order chi connectivity index (χ0) is 11.6. The highest BCUT2D eigenvalue weighted by molar-refractivity contribution is 5.92. The average Bonchev–Trinajstić information content (AvgIpc) is 2.24. The van der Waals surface area contributed by atoms with Gasteiger partial charge in [-0.15, -0.1) is 0 Å². The molecule has 1 aromatic rings. The van der Waals surface area contributed by atoms with Gasteiger partial charge in [0.2, 0.25) is 0 Å². The fourth-order valence-electron chi connectivity index (χ4n) is 1.88. The third-order valence-corrected chi connectivity index (χ3v) is 3.26. The lowest BCUT2D eigenvalue weighted by atomic mass is 9.70. The SMILES string of the molecule is CC1(CNC(=O)c2ccc(N)cn2)CCC1. The highest BCUT2D eigenvalue weighted by Crippen LogP contribution is 2.39. The number of hydrogen-bond donors (Lipinski definition) is 2. The number of pyridine rings is 1. The first-order chi connectivity index (χ1) is 7.59. The van der Waals surface area contributed by atoms with E-state index in [9.17, 15) is 4.79 Å². The van der Waals surface area contributed by atoms with E-state index >= 15 is 0 Å². The van der Waals surface area contributed by atoms with Gasteiger partial charge in [-0.05, 0) is 30.4 Å². The van der Waals surface area contributed by atoms with E-state index in [2.05, 4.69) is 17.2 Å². The Morgan fingerprint density at radius 2 is 2.31 bits per heavy atom. The summed E-state index contributed by atoms with van der Waals surface area (Å²) in [5, 5.41) is 2.92. The molecule has 0 bridgehead atoms. The van der Waals surface area contributed by atoms with Crippen LogP contribution in [-0.4, -0.2) is 17.4 Å². The fraction of sp³-hybridized carbons (Fsp3) is 0.500. The smallest absolute Gasteiger partial charge is 0.269 e. The van der Waals surface area contributed by atoms with Crippen molar-refractivity contribution in [3.63, 3.8) is 0 Å². The maximum absolute atomic E-state index is 11.7. The molecule has 0 unspecified atom stereocenters. The molecule has 1 aliphatic rings. The molecule has 0 aromatic carbocycles. The molecule has 1 heterocycles. The monoisotopic (exact) mass is 219 g/mol. The Kier molecular flexibility index (Phi) is 2.81. The maximum Gasteiger partial charge on any atom is 0.269 e. The first-order valence-corrected chi connectivity index (χ1v) is 5.59. The summed E-state index contributed by atoms with van der Waals surface area (Å²) in [4.78, 5) is 15.7. The minimum Gasteiger partial charge on any atom is -0.397 e. The topological polar surface area (TPSA) is 68.0 Å². The molecule has 0 radical (unpaired) electrons. The van der Waals surface area contributed by atoms with Gasteiger partial charge in [0.25, 0.3) is 5.91 Å². The molecule has 1 fully saturated rings. The Morgan fingerprint density at radius 1 is 1.56 bits per heavy atom. The first-order valence-electron chi connectivity index (χ1n) is 5.59. The average molecular weight is 219 g/mol. The van der Waals surface area contributed by atoms with E-state index in [1.807, 2.05) is 0 Å². The van der Waals surface area contributed by atoms with Crippen molar-refractivity contribution in [1.82, 2.24) is 10.3 Å². The Hall–Kier alpha value is -1.58. The second kappa shape index (κ2) is 4.12. The van der Waals surface area contributed by atoms with Crippen molar-refractivity contribution in [3.8, 4) is 0 Å². The van der Waals surface area contributed by atoms with Crippen LogP contribution >= 0.6 is 0 Å². The Bertz CT molecular complexity index is 382. The summed E-state index contributed by atoms with van der Waals surface area (Å²) in [6, 6.07) is 3.33. The number of nitrogens with two attached hydrogens (primary N) is 1. The van der Waals surface area contributed by atoms with Crippen molar-refractivity contribution >= 4 is 11.6 Å². The summed E-state index contributed by atoms with van der Waals surface area (Å²) in [5.41, 5.74) is 6.80. The number of carbonyl (C=O) groups is 1. The Morgan fingerprint density at radius 3 is 2.81 bits per heavy atom. The van der Waals surface area contributed by atoms with Crippen molar-refractivity contribution in [1.29, 1.82) is 0 Å². The molecule has 1 amide bonds. The van der Waals surface area contributed by atoms with Crippen LogP contribution in [0.2, 0.25) is 0 Å². The summed E-state index contributed by atoms with van der Waals surface area (Å²) in [5.74, 6) is -0.117. The van der Waals surface area contributed by atoms with Crippen LogP contribution in [0.5, 0.6) is 0 Å². The molecule has 2 rings (SSSR count). The van der Waals surface area contributed by atoms with E-state index in [0.29, 0.717) is 16.8 Å². The van der Waals surface area contributed by atoms with Gasteiger partial charge in [-0.25, -0.2) is 4.98 Å². The zero-order valence-corrected chi connectivity index (χ0v) is 9.49. The Balaban J connectivity index is 1.90. The van der Waals surface area contributed by atoms with Gasteiger partial charge in [-0.1, -0.05) is 13.3 Å². The number of carbonyl (C=O) groups excluding carboxylic acids is 1. The maximum atomic E-state index is 11.7. The summed E-state index contributed by atoms with van der Waals surface area (Å²) in [6.07, 6.45) is 5.16. The van der Waals surface area contributed by atoms with Gasteiger partial charge >= 0.3 is 0 Å². The highest BCUT2D eigenvalue weighted by atomic mass is 16.1. The number of rotatable bonds is 3. The molecule has 0 saturated heterocycles. The van der Waals surface area contributed by atoms with E-state index in [-0.39, 0.29) is 5.91 Å². The van der Waals surface area contributed by atoms with Crippen LogP contribution < -0.4 is 11.1 Å². The van der Waals surface area contributed by atoms with Crippen molar-refractivity contribution in [3.05, 3.63) is 24.0 Å². The van der Waals surface area contributed by atoms with Gasteiger partial charge in [0.15, 0.2) is 0 Å². The highest BCUT2D eigenvalue weighted by Gasteiger charge is 2.31. The number of nitrogens with one attached hydrogen (secondary N) is 1. The van der Waals surface area contributed by atoms with Crippen LogP contribution in [0.4, 0.5) is 5.69 Å². The third kappa shape index (κ3) is 2.32. The Labute approximate surface area is 95.3 Å². The van der Waals surface area contributed by atoms with E-state index in [1.165, 1.54) is 25.5 Å². The minimum absolute atomic E-state index is 0.117. The lowest BCUT2D eigenvalue weighted by molar-refractivity contribution is 0.0886. The van der Waals surface area contributed by atoms with E-state index in [4.69, 9.17) is 5.73 Å². The first kappa shape index (κ1) is 10.9. The largest absolute Gasteiger partial charge is 0.397 e. The molecule has 3 N–H and O–H groups in total. The summed E-state index contributed by atoms with van der Waals surface area (Å²) in [6.45, 7) is 2.94. The van der Waals surface area contributed by atoms with Gasteiger partial charge < -0.3 is 11.1 Å². The van der Waals surface area contributed by atoms with Crippen molar-refractivity contribution in [2.75, 3.05) is 12.3 Å². The summed E-state index contributed by atoms with van der Waals surface area (Å²) in [7, 11) is 0. The van der Waals surface area contributed by atoms with Gasteiger partial charge in [0.05, 0.1) is 11.9 Å². The zero-order valence-electron chi connectivity index (χ0n) is 9.49. The summed E-state index contributed by atoms with van der Waals surface area (Å²) < 4.78 is 0. The molecule has 0 aliphatic heterocycles. The predicted octanol–water partition coefficient (Wildman–Crippen LogP) is 1.58. The molecule has 0 spiro atoms. The standard InChI is InChI=1S/C12H17N3O/c1-12(5-2-6-12)8-15-11(16)10-4-3-9(13)7-14-10/h3-4,7H,2,5-6,8,13H2,1H3,(H,15,16). The van der Waals surface area contributed by atoms with Crippen LogP contribution in [0.1, 0.15) is 36.7 Å². The molecular formula is C12H17N3O. The molecule has 16 heavy (non-hydrogen) atoms. The normalized spacial score (nSPS) is 17.6. The number of nitrogens with zero attached hydrogens (tertiary/aromatic N) is 1. The molecule has 1 aliphatic carbocycles. The minimum atomic E-state index is -0.117. The molecule has 1 saturated carbocycles. The van der Waals surface area contributed by atoms with Crippen molar-refractivity contribution in [2.24, 2.45) is 5.41 Å². The molecule has 4 heteroatoms. The lowest BCUT2D eigenvalue weighted by Crippen LogP contribution is -2.40. The molecule has 1 aromatic heterocycles. The van der Waals surface area contributed by atoms with Gasteiger partial charge in [-0.2, -0.15) is 0 Å². The van der Waals surface area contributed by atoms with E-state index < -0.39 is 0 Å². The van der Waals surface area contributed by atoms with Crippen LogP contribution in [0, 0.1) is 5.41 Å². The van der Waals surface area contributed by atoms with Gasteiger partial charge in [0, 0.05) is 6.54 Å². The number of anilines is 1. The van der Waals surface area contributed by atoms with Crippen molar-refractivity contribution in [2.45, 2.75) is 26.2 Å². The number of hydrogen-bond acceptors (Lipinski definition) is 3. The molecule has 4 nitrogen and oxygen atoms in total. The second-order valence-corrected chi connectivity index (χ2v) is 4.82. The predicted molar refractivity (Wildman–Crippen MR) is 62.9 cm³/mol. The number of nitrogen functional groups attached to an aromatic ring is 1. The molecular weight excluding hydrogens is 202 g/mol. The van der Waals surface area contributed by atoms with Crippen LogP contribution in [0.15, 0.2) is 18.3 Å². The van der Waals surface area contributed by atoms with Crippen LogP contribution in [0.3, 0.4) is 0 Å². The fourth-order valence-corrected chi connectivity index (χ4v) is 1.88. The lowest BCUT2D eigenvalue weighted by Gasteiger charge is -2.38. The van der Waals surface area contributed by atoms with Crippen molar-refractivity contribution < 1.29 is 4.79 Å². The third-order valence-electron chi connectivity index (χ3n) is 3.26.